The van der Waals surface area contributed by atoms with Crippen molar-refractivity contribution in [1.82, 2.24) is 5.32 Å². The van der Waals surface area contributed by atoms with E-state index in [1.807, 2.05) is 36.4 Å². The Bertz CT molecular complexity index is 989. The number of furan rings is 1. The van der Waals surface area contributed by atoms with Gasteiger partial charge in [-0.15, -0.1) is 0 Å². The minimum absolute atomic E-state index is 0.125. The largest absolute Gasteiger partial charge is 0.459 e. The summed E-state index contributed by atoms with van der Waals surface area (Å²) in [4.78, 5) is 23.0. The Morgan fingerprint density at radius 3 is 2.39 bits per heavy atom. The van der Waals surface area contributed by atoms with Crippen LogP contribution in [0.4, 0.5) is 5.69 Å². The van der Waals surface area contributed by atoms with Gasteiger partial charge in [-0.05, 0) is 60.2 Å². The van der Waals surface area contributed by atoms with Crippen molar-refractivity contribution in [1.29, 1.82) is 0 Å². The number of benzene rings is 2. The predicted octanol–water partition coefficient (Wildman–Crippen LogP) is 4.89. The molecule has 6 heteroatoms. The lowest BCUT2D eigenvalue weighted by atomic mass is 10.2. The molecule has 1 aromatic heterocycles. The first kappa shape index (κ1) is 19.5. The van der Waals surface area contributed by atoms with Crippen LogP contribution in [0.25, 0.3) is 17.4 Å². The summed E-state index contributed by atoms with van der Waals surface area (Å²) in [6.45, 7) is 1.74. The molecule has 2 amide bonds. The van der Waals surface area contributed by atoms with E-state index in [4.69, 9.17) is 16.0 Å². The standard InChI is InChI=1S/C22H19ClN2O3/c1-15(26)25-19-9-2-16(3-10-19)4-13-22(27)24-14-20-11-12-21(28-20)17-5-7-18(23)8-6-17/h2-13H,14H2,1H3,(H,24,27)(H,25,26)/b13-4+. The van der Waals surface area contributed by atoms with Crippen molar-refractivity contribution in [3.05, 3.63) is 83.1 Å². The maximum atomic E-state index is 12.0. The van der Waals surface area contributed by atoms with Gasteiger partial charge in [-0.25, -0.2) is 0 Å². The molecule has 5 nitrogen and oxygen atoms in total. The zero-order chi connectivity index (χ0) is 19.9. The lowest BCUT2D eigenvalue weighted by molar-refractivity contribution is -0.116. The van der Waals surface area contributed by atoms with Gasteiger partial charge in [0.1, 0.15) is 11.5 Å². The third-order valence-electron chi connectivity index (χ3n) is 3.89. The first-order valence-corrected chi connectivity index (χ1v) is 9.05. The van der Waals surface area contributed by atoms with Crippen LogP contribution >= 0.6 is 11.6 Å². The SMILES string of the molecule is CC(=O)Nc1ccc(/C=C/C(=O)NCc2ccc(-c3ccc(Cl)cc3)o2)cc1. The average Bonchev–Trinajstić information content (AvgIpc) is 3.15. The highest BCUT2D eigenvalue weighted by Gasteiger charge is 2.06. The van der Waals surface area contributed by atoms with E-state index in [9.17, 15) is 9.59 Å². The second-order valence-corrected chi connectivity index (χ2v) is 6.56. The summed E-state index contributed by atoms with van der Waals surface area (Å²) < 4.78 is 5.75. The quantitative estimate of drug-likeness (QED) is 0.585. The number of amides is 2. The molecule has 0 fully saturated rings. The highest BCUT2D eigenvalue weighted by molar-refractivity contribution is 6.30. The molecule has 0 spiro atoms. The molecule has 0 aliphatic rings. The first-order valence-electron chi connectivity index (χ1n) is 8.68. The van der Waals surface area contributed by atoms with Crippen molar-refractivity contribution < 1.29 is 14.0 Å². The van der Waals surface area contributed by atoms with Crippen molar-refractivity contribution in [2.75, 3.05) is 5.32 Å². The molecule has 0 saturated heterocycles. The Kier molecular flexibility index (Phi) is 6.29. The van der Waals surface area contributed by atoms with Gasteiger partial charge in [0, 0.05) is 29.3 Å². The molecule has 2 aromatic carbocycles. The van der Waals surface area contributed by atoms with Gasteiger partial charge >= 0.3 is 0 Å². The Morgan fingerprint density at radius 2 is 1.71 bits per heavy atom. The maximum Gasteiger partial charge on any atom is 0.244 e. The molecule has 142 valence electrons. The number of anilines is 1. The molecule has 0 saturated carbocycles. The van der Waals surface area contributed by atoms with Crippen LogP contribution in [0.1, 0.15) is 18.2 Å². The molecule has 28 heavy (non-hydrogen) atoms. The summed E-state index contributed by atoms with van der Waals surface area (Å²) in [5.41, 5.74) is 2.49. The van der Waals surface area contributed by atoms with Crippen LogP contribution in [0.3, 0.4) is 0 Å². The molecule has 3 aromatic rings. The third-order valence-corrected chi connectivity index (χ3v) is 4.14. The lowest BCUT2D eigenvalue weighted by Crippen LogP contribution is -2.19. The molecule has 3 rings (SSSR count). The predicted molar refractivity (Wildman–Crippen MR) is 111 cm³/mol. The van der Waals surface area contributed by atoms with Crippen LogP contribution in [0, 0.1) is 0 Å². The number of halogens is 1. The summed E-state index contributed by atoms with van der Waals surface area (Å²) in [5, 5.41) is 6.14. The van der Waals surface area contributed by atoms with E-state index in [1.165, 1.54) is 13.0 Å². The lowest BCUT2D eigenvalue weighted by Gasteiger charge is -2.02. The number of carbonyl (C=O) groups is 2. The van der Waals surface area contributed by atoms with Gasteiger partial charge < -0.3 is 15.1 Å². The highest BCUT2D eigenvalue weighted by Crippen LogP contribution is 2.23. The average molecular weight is 395 g/mol. The molecule has 0 aliphatic carbocycles. The zero-order valence-electron chi connectivity index (χ0n) is 15.2. The smallest absolute Gasteiger partial charge is 0.244 e. The van der Waals surface area contributed by atoms with Crippen LogP contribution < -0.4 is 10.6 Å². The Hall–Kier alpha value is -3.31. The molecule has 2 N–H and O–H groups in total. The minimum atomic E-state index is -0.226. The van der Waals surface area contributed by atoms with Gasteiger partial charge in [-0.3, -0.25) is 9.59 Å². The van der Waals surface area contributed by atoms with E-state index in [0.717, 1.165) is 16.9 Å². The number of carbonyl (C=O) groups excluding carboxylic acids is 2. The van der Waals surface area contributed by atoms with Crippen molar-refractivity contribution in [2.45, 2.75) is 13.5 Å². The van der Waals surface area contributed by atoms with Crippen LogP contribution in [0.2, 0.25) is 5.02 Å². The van der Waals surface area contributed by atoms with Crippen LogP contribution in [0.15, 0.2) is 71.2 Å². The van der Waals surface area contributed by atoms with Crippen LogP contribution in [-0.4, -0.2) is 11.8 Å². The fraction of sp³-hybridized carbons (Fsp3) is 0.0909. The number of hydrogen-bond donors (Lipinski definition) is 2. The van der Waals surface area contributed by atoms with Crippen molar-refractivity contribution in [3.8, 4) is 11.3 Å². The molecule has 0 atom stereocenters. The molecular weight excluding hydrogens is 376 g/mol. The normalized spacial score (nSPS) is 10.8. The maximum absolute atomic E-state index is 12.0. The van der Waals surface area contributed by atoms with E-state index in [2.05, 4.69) is 10.6 Å². The van der Waals surface area contributed by atoms with Gasteiger partial charge in [0.25, 0.3) is 0 Å². The minimum Gasteiger partial charge on any atom is -0.459 e. The third kappa shape index (κ3) is 5.59. The van der Waals surface area contributed by atoms with Gasteiger partial charge in [0.15, 0.2) is 0 Å². The summed E-state index contributed by atoms with van der Waals surface area (Å²) in [7, 11) is 0. The van der Waals surface area contributed by atoms with Gasteiger partial charge in [-0.2, -0.15) is 0 Å². The monoisotopic (exact) mass is 394 g/mol. The topological polar surface area (TPSA) is 71.3 Å². The van der Waals surface area contributed by atoms with E-state index in [1.54, 1.807) is 30.3 Å². The summed E-state index contributed by atoms with van der Waals surface area (Å²) in [6.07, 6.45) is 3.16. The van der Waals surface area contributed by atoms with E-state index in [0.29, 0.717) is 16.5 Å². The van der Waals surface area contributed by atoms with Gasteiger partial charge in [0.2, 0.25) is 11.8 Å². The molecule has 0 bridgehead atoms. The van der Waals surface area contributed by atoms with Gasteiger partial charge in [-0.1, -0.05) is 23.7 Å². The molecule has 0 radical (unpaired) electrons. The summed E-state index contributed by atoms with van der Waals surface area (Å²) in [6, 6.07) is 18.2. The van der Waals surface area contributed by atoms with Crippen molar-refractivity contribution >= 4 is 35.2 Å². The number of nitrogens with one attached hydrogen (secondary N) is 2. The zero-order valence-corrected chi connectivity index (χ0v) is 16.0. The Morgan fingerprint density at radius 1 is 1.00 bits per heavy atom. The van der Waals surface area contributed by atoms with Crippen molar-refractivity contribution in [2.24, 2.45) is 0 Å². The van der Waals surface area contributed by atoms with Gasteiger partial charge in [0.05, 0.1) is 6.54 Å². The molecular formula is C22H19ClN2O3. The Balaban J connectivity index is 1.52. The fourth-order valence-electron chi connectivity index (χ4n) is 2.53. The van der Waals surface area contributed by atoms with Crippen LogP contribution in [-0.2, 0) is 16.1 Å². The fourth-order valence-corrected chi connectivity index (χ4v) is 2.65. The second-order valence-electron chi connectivity index (χ2n) is 6.13. The number of rotatable bonds is 6. The highest BCUT2D eigenvalue weighted by atomic mass is 35.5. The van der Waals surface area contributed by atoms with E-state index < -0.39 is 0 Å². The second kappa shape index (κ2) is 9.06. The molecule has 1 heterocycles. The van der Waals surface area contributed by atoms with Crippen LogP contribution in [0.5, 0.6) is 0 Å². The van der Waals surface area contributed by atoms with E-state index in [-0.39, 0.29) is 18.4 Å². The molecule has 0 unspecified atom stereocenters. The summed E-state index contributed by atoms with van der Waals surface area (Å²) in [5.74, 6) is 1.03. The summed E-state index contributed by atoms with van der Waals surface area (Å²) >= 11 is 5.89. The number of hydrogen-bond acceptors (Lipinski definition) is 3. The Labute approximate surface area is 168 Å². The van der Waals surface area contributed by atoms with E-state index >= 15 is 0 Å². The first-order chi connectivity index (χ1) is 13.5. The molecule has 0 aliphatic heterocycles. The van der Waals surface area contributed by atoms with Crippen molar-refractivity contribution in [3.63, 3.8) is 0 Å².